The molecule has 1 aromatic carbocycles. The number of sulfonamides is 1. The van der Waals surface area contributed by atoms with E-state index in [0.29, 0.717) is 17.0 Å². The van der Waals surface area contributed by atoms with Gasteiger partial charge in [-0.1, -0.05) is 19.9 Å². The molecular weight excluding hydrogens is 260 g/mol. The Balaban J connectivity index is 3.39. The highest BCUT2D eigenvalue weighted by Crippen LogP contribution is 2.28. The number of hydrogen-bond acceptors (Lipinski definition) is 3. The third-order valence-electron chi connectivity index (χ3n) is 3.83. The van der Waals surface area contributed by atoms with Gasteiger partial charge in [-0.05, 0) is 44.4 Å². The van der Waals surface area contributed by atoms with E-state index < -0.39 is 15.6 Å². The fraction of sp³-hybridized carbons (Fsp3) is 0.571. The summed E-state index contributed by atoms with van der Waals surface area (Å²) >= 11 is 0. The van der Waals surface area contributed by atoms with Gasteiger partial charge in [0, 0.05) is 18.3 Å². The van der Waals surface area contributed by atoms with Gasteiger partial charge in [0.05, 0.1) is 4.90 Å². The van der Waals surface area contributed by atoms with Crippen molar-refractivity contribution in [3.63, 3.8) is 0 Å². The Morgan fingerprint density at radius 3 is 2.32 bits per heavy atom. The third-order valence-corrected chi connectivity index (χ3v) is 5.98. The molecule has 5 heteroatoms. The summed E-state index contributed by atoms with van der Waals surface area (Å²) in [7, 11) is -1.89. The van der Waals surface area contributed by atoms with Crippen LogP contribution in [0.15, 0.2) is 23.1 Å². The lowest BCUT2D eigenvalue weighted by molar-refractivity contribution is 0.257. The summed E-state index contributed by atoms with van der Waals surface area (Å²) < 4.78 is 26.9. The summed E-state index contributed by atoms with van der Waals surface area (Å²) in [5.74, 6) is 0. The van der Waals surface area contributed by atoms with E-state index in [1.54, 1.807) is 25.2 Å². The van der Waals surface area contributed by atoms with E-state index in [1.165, 1.54) is 4.31 Å². The molecule has 1 rings (SSSR count). The standard InChI is InChI=1S/C14H24N2O2S/c1-6-11-8-9-12(15)10-13(11)19(17,18)16(5)14(3,4)7-2/h8-10H,6-7,15H2,1-5H3. The van der Waals surface area contributed by atoms with Crippen LogP contribution in [0.5, 0.6) is 0 Å². The molecule has 0 radical (unpaired) electrons. The average molecular weight is 284 g/mol. The number of aryl methyl sites for hydroxylation is 1. The monoisotopic (exact) mass is 284 g/mol. The van der Waals surface area contributed by atoms with Crippen LogP contribution in [0, 0.1) is 0 Å². The van der Waals surface area contributed by atoms with E-state index in [2.05, 4.69) is 0 Å². The number of nitrogens with two attached hydrogens (primary N) is 1. The summed E-state index contributed by atoms with van der Waals surface area (Å²) in [5.41, 5.74) is 6.59. The second-order valence-electron chi connectivity index (χ2n) is 5.36. The predicted molar refractivity (Wildman–Crippen MR) is 79.6 cm³/mol. The number of nitrogen functional groups attached to an aromatic ring is 1. The van der Waals surface area contributed by atoms with Crippen LogP contribution < -0.4 is 5.73 Å². The molecule has 4 nitrogen and oxygen atoms in total. The van der Waals surface area contributed by atoms with Crippen LogP contribution in [0.25, 0.3) is 0 Å². The minimum Gasteiger partial charge on any atom is -0.399 e. The van der Waals surface area contributed by atoms with Crippen molar-refractivity contribution in [3.8, 4) is 0 Å². The van der Waals surface area contributed by atoms with Crippen molar-refractivity contribution in [1.82, 2.24) is 4.31 Å². The predicted octanol–water partition coefficient (Wildman–Crippen LogP) is 2.64. The maximum atomic E-state index is 12.7. The van der Waals surface area contributed by atoms with Crippen LogP contribution in [-0.2, 0) is 16.4 Å². The summed E-state index contributed by atoms with van der Waals surface area (Å²) in [4.78, 5) is 0.319. The molecule has 108 valence electrons. The molecule has 0 aliphatic carbocycles. The SMILES string of the molecule is CCc1ccc(N)cc1S(=O)(=O)N(C)C(C)(C)CC. The van der Waals surface area contributed by atoms with E-state index in [-0.39, 0.29) is 0 Å². The van der Waals surface area contributed by atoms with Gasteiger partial charge in [-0.3, -0.25) is 0 Å². The first-order valence-electron chi connectivity index (χ1n) is 6.54. The lowest BCUT2D eigenvalue weighted by Crippen LogP contribution is -2.44. The van der Waals surface area contributed by atoms with Gasteiger partial charge in [-0.2, -0.15) is 4.31 Å². The fourth-order valence-electron chi connectivity index (χ4n) is 1.80. The lowest BCUT2D eigenvalue weighted by Gasteiger charge is -2.34. The second-order valence-corrected chi connectivity index (χ2v) is 7.30. The highest BCUT2D eigenvalue weighted by Gasteiger charge is 2.33. The molecule has 0 aliphatic rings. The Kier molecular flexibility index (Phi) is 4.63. The van der Waals surface area contributed by atoms with E-state index in [0.717, 1.165) is 12.0 Å². The summed E-state index contributed by atoms with van der Waals surface area (Å²) in [6.07, 6.45) is 1.40. The maximum Gasteiger partial charge on any atom is 0.243 e. The van der Waals surface area contributed by atoms with Gasteiger partial charge in [0.2, 0.25) is 10.0 Å². The van der Waals surface area contributed by atoms with Crippen molar-refractivity contribution in [2.24, 2.45) is 0 Å². The van der Waals surface area contributed by atoms with Gasteiger partial charge in [-0.25, -0.2) is 8.42 Å². The molecule has 0 aliphatic heterocycles. The van der Waals surface area contributed by atoms with E-state index in [9.17, 15) is 8.42 Å². The molecule has 0 unspecified atom stereocenters. The van der Waals surface area contributed by atoms with E-state index in [4.69, 9.17) is 5.73 Å². The molecule has 0 atom stereocenters. The highest BCUT2D eigenvalue weighted by atomic mass is 32.2. The Bertz CT molecular complexity index is 551. The normalized spacial score (nSPS) is 12.9. The van der Waals surface area contributed by atoms with Gasteiger partial charge in [0.25, 0.3) is 0 Å². The second kappa shape index (κ2) is 5.51. The molecule has 0 heterocycles. The smallest absolute Gasteiger partial charge is 0.243 e. The quantitative estimate of drug-likeness (QED) is 0.845. The average Bonchev–Trinajstić information content (AvgIpc) is 2.37. The number of anilines is 1. The first-order valence-corrected chi connectivity index (χ1v) is 7.98. The van der Waals surface area contributed by atoms with Crippen molar-refractivity contribution in [1.29, 1.82) is 0 Å². The van der Waals surface area contributed by atoms with Crippen LogP contribution in [0.4, 0.5) is 5.69 Å². The van der Waals surface area contributed by atoms with Crippen molar-refractivity contribution < 1.29 is 8.42 Å². The van der Waals surface area contributed by atoms with Gasteiger partial charge in [0.15, 0.2) is 0 Å². The molecule has 0 aromatic heterocycles. The number of hydrogen-bond donors (Lipinski definition) is 1. The summed E-state index contributed by atoms with van der Waals surface area (Å²) in [6.45, 7) is 7.76. The molecule has 0 amide bonds. The Hall–Kier alpha value is -1.07. The zero-order valence-electron chi connectivity index (χ0n) is 12.4. The maximum absolute atomic E-state index is 12.7. The van der Waals surface area contributed by atoms with Gasteiger partial charge in [-0.15, -0.1) is 0 Å². The fourth-order valence-corrected chi connectivity index (χ4v) is 3.70. The molecule has 19 heavy (non-hydrogen) atoms. The Morgan fingerprint density at radius 1 is 1.26 bits per heavy atom. The van der Waals surface area contributed by atoms with E-state index >= 15 is 0 Å². The molecule has 1 aromatic rings. The highest BCUT2D eigenvalue weighted by molar-refractivity contribution is 7.89. The Morgan fingerprint density at radius 2 is 1.84 bits per heavy atom. The lowest BCUT2D eigenvalue weighted by atomic mass is 10.0. The van der Waals surface area contributed by atoms with Crippen LogP contribution in [0.1, 0.15) is 39.7 Å². The molecule has 0 bridgehead atoms. The van der Waals surface area contributed by atoms with Crippen molar-refractivity contribution in [3.05, 3.63) is 23.8 Å². The molecule has 2 N–H and O–H groups in total. The van der Waals surface area contributed by atoms with Crippen LogP contribution in [0.2, 0.25) is 0 Å². The van der Waals surface area contributed by atoms with Gasteiger partial charge in [0.1, 0.15) is 0 Å². The Labute approximate surface area is 116 Å². The minimum atomic E-state index is -3.52. The molecule has 0 fully saturated rings. The molecular formula is C14H24N2O2S. The topological polar surface area (TPSA) is 63.4 Å². The first-order chi connectivity index (χ1) is 8.66. The molecule has 0 saturated carbocycles. The van der Waals surface area contributed by atoms with Crippen molar-refractivity contribution in [2.75, 3.05) is 12.8 Å². The largest absolute Gasteiger partial charge is 0.399 e. The third kappa shape index (κ3) is 3.09. The van der Waals surface area contributed by atoms with Crippen LogP contribution in [0.3, 0.4) is 0 Å². The zero-order chi connectivity index (χ0) is 14.8. The van der Waals surface area contributed by atoms with Crippen molar-refractivity contribution in [2.45, 2.75) is 51.0 Å². The minimum absolute atomic E-state index is 0.319. The van der Waals surface area contributed by atoms with Gasteiger partial charge >= 0.3 is 0 Å². The van der Waals surface area contributed by atoms with E-state index in [1.807, 2.05) is 27.7 Å². The number of rotatable bonds is 5. The zero-order valence-corrected chi connectivity index (χ0v) is 13.2. The van der Waals surface area contributed by atoms with Crippen molar-refractivity contribution >= 4 is 15.7 Å². The number of nitrogens with zero attached hydrogens (tertiary/aromatic N) is 1. The number of benzene rings is 1. The van der Waals surface area contributed by atoms with Gasteiger partial charge < -0.3 is 5.73 Å². The van der Waals surface area contributed by atoms with Crippen LogP contribution >= 0.6 is 0 Å². The molecule has 0 saturated heterocycles. The van der Waals surface area contributed by atoms with Crippen LogP contribution in [-0.4, -0.2) is 25.3 Å². The summed E-state index contributed by atoms with van der Waals surface area (Å²) in [6, 6.07) is 5.08. The summed E-state index contributed by atoms with van der Waals surface area (Å²) in [5, 5.41) is 0. The first kappa shape index (κ1) is 16.0. The molecule has 0 spiro atoms.